The number of halogens is 1. The van der Waals surface area contributed by atoms with E-state index >= 15 is 0 Å². The molecule has 6 heteroatoms. The van der Waals surface area contributed by atoms with E-state index in [1.165, 1.54) is 18.2 Å². The zero-order chi connectivity index (χ0) is 13.7. The molecule has 0 aliphatic carbocycles. The predicted molar refractivity (Wildman–Crippen MR) is 69.9 cm³/mol. The first-order valence-corrected chi connectivity index (χ1v) is 5.90. The third kappa shape index (κ3) is 4.01. The number of nitrogens with two attached hydrogens (primary N) is 1. The minimum Gasteiger partial charge on any atom is -0.478 e. The summed E-state index contributed by atoms with van der Waals surface area (Å²) < 4.78 is 0. The van der Waals surface area contributed by atoms with E-state index < -0.39 is 5.97 Å². The minimum absolute atomic E-state index is 0.00202. The maximum absolute atomic E-state index is 11.6. The number of rotatable bonds is 5. The quantitative estimate of drug-likeness (QED) is 0.764. The van der Waals surface area contributed by atoms with Crippen molar-refractivity contribution >= 4 is 29.2 Å². The van der Waals surface area contributed by atoms with Crippen LogP contribution < -0.4 is 11.1 Å². The monoisotopic (exact) mass is 270 g/mol. The Morgan fingerprint density at radius 3 is 2.72 bits per heavy atom. The normalized spacial score (nSPS) is 11.9. The zero-order valence-electron chi connectivity index (χ0n) is 9.94. The Bertz CT molecular complexity index is 463. The summed E-state index contributed by atoms with van der Waals surface area (Å²) in [5.74, 6) is -1.45. The number of carbonyl (C=O) groups is 2. The second kappa shape index (κ2) is 6.37. The summed E-state index contributed by atoms with van der Waals surface area (Å²) in [4.78, 5) is 22.6. The number of anilines is 1. The van der Waals surface area contributed by atoms with Gasteiger partial charge in [-0.05, 0) is 24.6 Å². The minimum atomic E-state index is -1.12. The first kappa shape index (κ1) is 14.5. The second-order valence-electron chi connectivity index (χ2n) is 3.92. The molecule has 0 spiro atoms. The van der Waals surface area contributed by atoms with Crippen LogP contribution in [0.3, 0.4) is 0 Å². The third-order valence-electron chi connectivity index (χ3n) is 2.46. The number of nitrogens with one attached hydrogen (secondary N) is 1. The average Bonchev–Trinajstić information content (AvgIpc) is 2.28. The molecule has 1 aromatic rings. The second-order valence-corrected chi connectivity index (χ2v) is 4.35. The van der Waals surface area contributed by atoms with Crippen molar-refractivity contribution in [1.29, 1.82) is 0 Å². The molecule has 4 N–H and O–H groups in total. The van der Waals surface area contributed by atoms with Gasteiger partial charge in [0.25, 0.3) is 0 Å². The van der Waals surface area contributed by atoms with Crippen LogP contribution in [0.5, 0.6) is 0 Å². The summed E-state index contributed by atoms with van der Waals surface area (Å²) in [6.45, 7) is 1.88. The van der Waals surface area contributed by atoms with Gasteiger partial charge in [0.1, 0.15) is 0 Å². The molecule has 0 saturated carbocycles. The lowest BCUT2D eigenvalue weighted by Crippen LogP contribution is -2.26. The molecule has 0 bridgehead atoms. The maximum Gasteiger partial charge on any atom is 0.337 e. The lowest BCUT2D eigenvalue weighted by Gasteiger charge is -2.11. The fourth-order valence-electron chi connectivity index (χ4n) is 1.39. The van der Waals surface area contributed by atoms with Crippen LogP contribution in [-0.4, -0.2) is 23.0 Å². The van der Waals surface area contributed by atoms with E-state index in [9.17, 15) is 9.59 Å². The van der Waals surface area contributed by atoms with Crippen molar-refractivity contribution in [3.63, 3.8) is 0 Å². The highest BCUT2D eigenvalue weighted by molar-refractivity contribution is 6.31. The van der Waals surface area contributed by atoms with E-state index in [4.69, 9.17) is 22.4 Å². The van der Waals surface area contributed by atoms with Gasteiger partial charge in [0.15, 0.2) is 0 Å². The van der Waals surface area contributed by atoms with Gasteiger partial charge in [-0.2, -0.15) is 0 Å². The highest BCUT2D eigenvalue weighted by Gasteiger charge is 2.14. The third-order valence-corrected chi connectivity index (χ3v) is 2.69. The molecule has 0 aromatic heterocycles. The molecule has 0 aliphatic heterocycles. The molecule has 1 aromatic carbocycles. The molecular formula is C12H15ClN2O3. The number of aromatic carboxylic acids is 1. The van der Waals surface area contributed by atoms with E-state index in [1.807, 2.05) is 6.92 Å². The molecular weight excluding hydrogens is 256 g/mol. The average molecular weight is 271 g/mol. The Morgan fingerprint density at radius 1 is 1.50 bits per heavy atom. The van der Waals surface area contributed by atoms with Gasteiger partial charge < -0.3 is 16.2 Å². The Balaban J connectivity index is 2.86. The molecule has 0 aliphatic rings. The van der Waals surface area contributed by atoms with Crippen LogP contribution >= 0.6 is 11.6 Å². The summed E-state index contributed by atoms with van der Waals surface area (Å²) in [5.41, 5.74) is 5.83. The zero-order valence-corrected chi connectivity index (χ0v) is 10.7. The van der Waals surface area contributed by atoms with Crippen molar-refractivity contribution in [2.24, 2.45) is 5.73 Å². The predicted octanol–water partition coefficient (Wildman–Crippen LogP) is 2.10. The number of hydrogen-bond donors (Lipinski definition) is 3. The first-order valence-electron chi connectivity index (χ1n) is 5.52. The van der Waals surface area contributed by atoms with Gasteiger partial charge in [0.05, 0.1) is 11.3 Å². The van der Waals surface area contributed by atoms with Gasteiger partial charge in [-0.15, -0.1) is 0 Å². The molecule has 0 heterocycles. The number of benzene rings is 1. The van der Waals surface area contributed by atoms with Crippen molar-refractivity contribution in [3.8, 4) is 0 Å². The molecule has 0 fully saturated rings. The molecule has 0 saturated heterocycles. The largest absolute Gasteiger partial charge is 0.478 e. The maximum atomic E-state index is 11.6. The number of hydrogen-bond acceptors (Lipinski definition) is 3. The summed E-state index contributed by atoms with van der Waals surface area (Å²) in [6, 6.07) is 3.97. The Kier molecular flexibility index (Phi) is 5.12. The standard InChI is InChI=1S/C12H15ClN2O3/c1-2-8(14)6-11(16)15-10-5-7(13)3-4-9(10)12(17)18/h3-5,8H,2,6,14H2,1H3,(H,15,16)(H,17,18). The lowest BCUT2D eigenvalue weighted by molar-refractivity contribution is -0.116. The summed E-state index contributed by atoms with van der Waals surface area (Å²) in [5, 5.41) is 11.8. The lowest BCUT2D eigenvalue weighted by atomic mass is 10.1. The Morgan fingerprint density at radius 2 is 2.17 bits per heavy atom. The van der Waals surface area contributed by atoms with Gasteiger partial charge in [-0.25, -0.2) is 4.79 Å². The number of carboxylic acid groups (broad SMARTS) is 1. The molecule has 1 unspecified atom stereocenters. The van der Waals surface area contributed by atoms with Crippen LogP contribution in [0.4, 0.5) is 5.69 Å². The van der Waals surface area contributed by atoms with Crippen molar-refractivity contribution in [2.45, 2.75) is 25.8 Å². The molecule has 0 radical (unpaired) electrons. The van der Waals surface area contributed by atoms with Gasteiger partial charge in [-0.3, -0.25) is 4.79 Å². The van der Waals surface area contributed by atoms with E-state index in [1.54, 1.807) is 0 Å². The number of carbonyl (C=O) groups excluding carboxylic acids is 1. The fraction of sp³-hybridized carbons (Fsp3) is 0.333. The topological polar surface area (TPSA) is 92.4 Å². The molecule has 1 rings (SSSR count). The smallest absolute Gasteiger partial charge is 0.337 e. The first-order chi connectivity index (χ1) is 8.43. The van der Waals surface area contributed by atoms with E-state index in [-0.39, 0.29) is 29.6 Å². The van der Waals surface area contributed by atoms with Crippen molar-refractivity contribution < 1.29 is 14.7 Å². The van der Waals surface area contributed by atoms with Gasteiger partial charge in [0.2, 0.25) is 5.91 Å². The van der Waals surface area contributed by atoms with E-state index in [0.29, 0.717) is 11.4 Å². The van der Waals surface area contributed by atoms with Crippen LogP contribution in [0.15, 0.2) is 18.2 Å². The van der Waals surface area contributed by atoms with Crippen LogP contribution in [0, 0.1) is 0 Å². The van der Waals surface area contributed by atoms with Gasteiger partial charge in [0, 0.05) is 17.5 Å². The number of carboxylic acids is 1. The summed E-state index contributed by atoms with van der Waals surface area (Å²) in [6.07, 6.45) is 0.816. The van der Waals surface area contributed by atoms with Crippen molar-refractivity contribution in [3.05, 3.63) is 28.8 Å². The molecule has 1 atom stereocenters. The molecule has 1 amide bonds. The van der Waals surface area contributed by atoms with Crippen LogP contribution in [0.2, 0.25) is 5.02 Å². The highest BCUT2D eigenvalue weighted by Crippen LogP contribution is 2.21. The van der Waals surface area contributed by atoms with Crippen molar-refractivity contribution in [1.82, 2.24) is 0 Å². The molecule has 98 valence electrons. The SMILES string of the molecule is CCC(N)CC(=O)Nc1cc(Cl)ccc1C(=O)O. The Hall–Kier alpha value is -1.59. The summed E-state index contributed by atoms with van der Waals surface area (Å²) in [7, 11) is 0. The molecule has 5 nitrogen and oxygen atoms in total. The Labute approximate surface area is 110 Å². The highest BCUT2D eigenvalue weighted by atomic mass is 35.5. The van der Waals surface area contributed by atoms with Gasteiger partial charge >= 0.3 is 5.97 Å². The summed E-state index contributed by atoms with van der Waals surface area (Å²) >= 11 is 5.77. The van der Waals surface area contributed by atoms with E-state index in [0.717, 1.165) is 0 Å². The van der Waals surface area contributed by atoms with Crippen LogP contribution in [-0.2, 0) is 4.79 Å². The van der Waals surface area contributed by atoms with Crippen LogP contribution in [0.1, 0.15) is 30.1 Å². The van der Waals surface area contributed by atoms with Crippen LogP contribution in [0.25, 0.3) is 0 Å². The number of amides is 1. The van der Waals surface area contributed by atoms with Gasteiger partial charge in [-0.1, -0.05) is 18.5 Å². The van der Waals surface area contributed by atoms with Crippen molar-refractivity contribution in [2.75, 3.05) is 5.32 Å². The van der Waals surface area contributed by atoms with E-state index in [2.05, 4.69) is 5.32 Å². The molecule has 18 heavy (non-hydrogen) atoms. The fourth-order valence-corrected chi connectivity index (χ4v) is 1.56.